The average molecular weight is 458 g/mol. The second-order valence-electron chi connectivity index (χ2n) is 5.68. The highest BCUT2D eigenvalue weighted by Crippen LogP contribution is 2.35. The first kappa shape index (κ1) is 17.0. The van der Waals surface area contributed by atoms with Crippen molar-refractivity contribution in [1.29, 1.82) is 0 Å². The van der Waals surface area contributed by atoms with Crippen LogP contribution in [0.25, 0.3) is 0 Å². The summed E-state index contributed by atoms with van der Waals surface area (Å²) in [5.74, 6) is 0. The van der Waals surface area contributed by atoms with Gasteiger partial charge in [0.05, 0.1) is 6.04 Å². The average Bonchev–Trinajstić information content (AvgIpc) is 2.45. The molecule has 0 saturated heterocycles. The van der Waals surface area contributed by atoms with Crippen molar-refractivity contribution in [1.82, 2.24) is 0 Å². The highest BCUT2D eigenvalue weighted by atomic mass is 127. The van der Waals surface area contributed by atoms with Crippen LogP contribution in [0.15, 0.2) is 22.7 Å². The maximum atomic E-state index is 6.64. The number of nitrogens with two attached hydrogens (primary N) is 1. The molecular formula is C18H21BrIN. The van der Waals surface area contributed by atoms with E-state index in [-0.39, 0.29) is 6.04 Å². The SMILES string of the molecule is Cc1c(C)c(C)c(C(N)c2cc(I)ccc2Br)c(C)c1C. The van der Waals surface area contributed by atoms with E-state index in [0.717, 1.165) is 10.0 Å². The Morgan fingerprint density at radius 1 is 0.905 bits per heavy atom. The van der Waals surface area contributed by atoms with E-state index >= 15 is 0 Å². The lowest BCUT2D eigenvalue weighted by Crippen LogP contribution is -2.17. The monoisotopic (exact) mass is 457 g/mol. The number of halogens is 2. The first-order valence-electron chi connectivity index (χ1n) is 7.03. The Hall–Kier alpha value is -0.390. The van der Waals surface area contributed by atoms with Crippen LogP contribution in [-0.2, 0) is 0 Å². The summed E-state index contributed by atoms with van der Waals surface area (Å²) >= 11 is 5.98. The Balaban J connectivity index is 2.69. The van der Waals surface area contributed by atoms with E-state index in [1.807, 2.05) is 0 Å². The van der Waals surface area contributed by atoms with Gasteiger partial charge in [0.1, 0.15) is 0 Å². The lowest BCUT2D eigenvalue weighted by molar-refractivity contribution is 0.837. The maximum Gasteiger partial charge on any atom is 0.0568 e. The van der Waals surface area contributed by atoms with Crippen LogP contribution in [0.2, 0.25) is 0 Å². The second kappa shape index (κ2) is 6.39. The Labute approximate surface area is 149 Å². The normalized spacial score (nSPS) is 12.6. The molecule has 0 fully saturated rings. The Morgan fingerprint density at radius 3 is 1.90 bits per heavy atom. The molecule has 1 atom stereocenters. The Morgan fingerprint density at radius 2 is 1.38 bits per heavy atom. The minimum Gasteiger partial charge on any atom is -0.320 e. The fraction of sp³-hybridized carbons (Fsp3) is 0.333. The van der Waals surface area contributed by atoms with Crippen LogP contribution in [0.5, 0.6) is 0 Å². The summed E-state index contributed by atoms with van der Waals surface area (Å²) in [6, 6.07) is 6.23. The zero-order valence-corrected chi connectivity index (χ0v) is 16.9. The van der Waals surface area contributed by atoms with Crippen molar-refractivity contribution < 1.29 is 0 Å². The van der Waals surface area contributed by atoms with Crippen LogP contribution >= 0.6 is 38.5 Å². The van der Waals surface area contributed by atoms with Crippen LogP contribution in [0.4, 0.5) is 0 Å². The third kappa shape index (κ3) is 3.06. The van der Waals surface area contributed by atoms with Gasteiger partial charge in [-0.05, 0) is 114 Å². The van der Waals surface area contributed by atoms with E-state index in [9.17, 15) is 0 Å². The highest BCUT2D eigenvalue weighted by molar-refractivity contribution is 14.1. The van der Waals surface area contributed by atoms with E-state index in [1.165, 1.54) is 37.0 Å². The smallest absolute Gasteiger partial charge is 0.0568 e. The van der Waals surface area contributed by atoms with Crippen molar-refractivity contribution in [3.8, 4) is 0 Å². The van der Waals surface area contributed by atoms with Gasteiger partial charge in [-0.2, -0.15) is 0 Å². The van der Waals surface area contributed by atoms with E-state index in [4.69, 9.17) is 5.73 Å². The van der Waals surface area contributed by atoms with Gasteiger partial charge in [0.15, 0.2) is 0 Å². The maximum absolute atomic E-state index is 6.64. The van der Waals surface area contributed by atoms with Gasteiger partial charge in [0.25, 0.3) is 0 Å². The van der Waals surface area contributed by atoms with E-state index in [2.05, 4.69) is 91.3 Å². The van der Waals surface area contributed by atoms with Crippen LogP contribution in [0.3, 0.4) is 0 Å². The molecule has 1 nitrogen and oxygen atoms in total. The molecular weight excluding hydrogens is 437 g/mol. The van der Waals surface area contributed by atoms with Crippen LogP contribution < -0.4 is 5.73 Å². The first-order valence-corrected chi connectivity index (χ1v) is 8.90. The highest BCUT2D eigenvalue weighted by Gasteiger charge is 2.20. The largest absolute Gasteiger partial charge is 0.320 e. The molecule has 21 heavy (non-hydrogen) atoms. The van der Waals surface area contributed by atoms with Gasteiger partial charge in [-0.1, -0.05) is 15.9 Å². The summed E-state index contributed by atoms with van der Waals surface area (Å²) < 4.78 is 2.28. The molecule has 1 unspecified atom stereocenters. The fourth-order valence-electron chi connectivity index (χ4n) is 2.90. The summed E-state index contributed by atoms with van der Waals surface area (Å²) in [6.07, 6.45) is 0. The molecule has 0 aliphatic carbocycles. The van der Waals surface area contributed by atoms with Gasteiger partial charge < -0.3 is 5.73 Å². The number of hydrogen-bond acceptors (Lipinski definition) is 1. The summed E-state index contributed by atoms with van der Waals surface area (Å²) in [5, 5.41) is 0. The molecule has 0 radical (unpaired) electrons. The van der Waals surface area contributed by atoms with Gasteiger partial charge >= 0.3 is 0 Å². The summed E-state index contributed by atoms with van der Waals surface area (Å²) in [6.45, 7) is 11.0. The van der Waals surface area contributed by atoms with Gasteiger partial charge in [-0.25, -0.2) is 0 Å². The van der Waals surface area contributed by atoms with Gasteiger partial charge in [-0.3, -0.25) is 0 Å². The number of rotatable bonds is 2. The lowest BCUT2D eigenvalue weighted by Gasteiger charge is -2.24. The van der Waals surface area contributed by atoms with Crippen molar-refractivity contribution in [2.75, 3.05) is 0 Å². The molecule has 112 valence electrons. The topological polar surface area (TPSA) is 26.0 Å². The zero-order valence-electron chi connectivity index (χ0n) is 13.1. The lowest BCUT2D eigenvalue weighted by atomic mass is 9.84. The van der Waals surface area contributed by atoms with Crippen molar-refractivity contribution in [3.63, 3.8) is 0 Å². The molecule has 2 rings (SSSR count). The van der Waals surface area contributed by atoms with Gasteiger partial charge in [-0.15, -0.1) is 0 Å². The molecule has 0 aromatic heterocycles. The first-order chi connectivity index (χ1) is 9.75. The quantitative estimate of drug-likeness (QED) is 0.580. The third-order valence-corrected chi connectivity index (χ3v) is 6.06. The van der Waals surface area contributed by atoms with Gasteiger partial charge in [0.2, 0.25) is 0 Å². The van der Waals surface area contributed by atoms with Crippen molar-refractivity contribution >= 4 is 38.5 Å². The van der Waals surface area contributed by atoms with Crippen LogP contribution in [0, 0.1) is 38.2 Å². The molecule has 0 heterocycles. The molecule has 0 bridgehead atoms. The second-order valence-corrected chi connectivity index (χ2v) is 7.78. The predicted octanol–water partition coefficient (Wildman–Crippen LogP) is 5.64. The molecule has 0 aliphatic heterocycles. The fourth-order valence-corrected chi connectivity index (χ4v) is 3.91. The molecule has 2 aromatic rings. The third-order valence-electron chi connectivity index (χ3n) is 4.66. The number of hydrogen-bond donors (Lipinski definition) is 1. The summed E-state index contributed by atoms with van der Waals surface area (Å²) in [5.41, 5.74) is 15.8. The summed E-state index contributed by atoms with van der Waals surface area (Å²) in [7, 11) is 0. The van der Waals surface area contributed by atoms with E-state index in [0.29, 0.717) is 0 Å². The Kier molecular flexibility index (Phi) is 5.16. The molecule has 0 spiro atoms. The molecule has 0 aliphatic rings. The minimum atomic E-state index is -0.105. The predicted molar refractivity (Wildman–Crippen MR) is 103 cm³/mol. The molecule has 0 saturated carbocycles. The standard InChI is InChI=1S/C18H21BrIN/c1-9-10(2)12(4)17(13(5)11(9)3)18(21)15-8-14(20)6-7-16(15)19/h6-8,18H,21H2,1-5H3. The molecule has 2 N–H and O–H groups in total. The summed E-state index contributed by atoms with van der Waals surface area (Å²) in [4.78, 5) is 0. The molecule has 3 heteroatoms. The van der Waals surface area contributed by atoms with Crippen LogP contribution in [0.1, 0.15) is 45.0 Å². The van der Waals surface area contributed by atoms with Crippen LogP contribution in [-0.4, -0.2) is 0 Å². The van der Waals surface area contributed by atoms with E-state index in [1.54, 1.807) is 0 Å². The zero-order chi connectivity index (χ0) is 15.9. The van der Waals surface area contributed by atoms with Crippen molar-refractivity contribution in [2.45, 2.75) is 40.7 Å². The van der Waals surface area contributed by atoms with E-state index < -0.39 is 0 Å². The minimum absolute atomic E-state index is 0.105. The van der Waals surface area contributed by atoms with Gasteiger partial charge in [0, 0.05) is 8.04 Å². The number of benzene rings is 2. The van der Waals surface area contributed by atoms with Crippen molar-refractivity contribution in [3.05, 3.63) is 65.2 Å². The Bertz CT molecular complexity index is 678. The molecule has 0 amide bonds. The molecule has 2 aromatic carbocycles. The van der Waals surface area contributed by atoms with Crippen molar-refractivity contribution in [2.24, 2.45) is 5.73 Å².